The SMILES string of the molecule is C=C(C)CC(NCC)c1cn[nH]n1. The summed E-state index contributed by atoms with van der Waals surface area (Å²) in [7, 11) is 0. The third-order valence-electron chi connectivity index (χ3n) is 1.79. The molecule has 1 atom stereocenters. The lowest BCUT2D eigenvalue weighted by molar-refractivity contribution is 0.534. The van der Waals surface area contributed by atoms with Crippen molar-refractivity contribution in [1.29, 1.82) is 0 Å². The summed E-state index contributed by atoms with van der Waals surface area (Å²) in [5, 5.41) is 13.8. The largest absolute Gasteiger partial charge is 0.309 e. The maximum Gasteiger partial charge on any atom is 0.0997 e. The van der Waals surface area contributed by atoms with Crippen molar-refractivity contribution in [1.82, 2.24) is 20.7 Å². The number of nitrogens with zero attached hydrogens (tertiary/aromatic N) is 2. The summed E-state index contributed by atoms with van der Waals surface area (Å²) >= 11 is 0. The minimum Gasteiger partial charge on any atom is -0.309 e. The zero-order valence-electron chi connectivity index (χ0n) is 8.17. The van der Waals surface area contributed by atoms with Crippen LogP contribution < -0.4 is 5.32 Å². The highest BCUT2D eigenvalue weighted by Gasteiger charge is 2.12. The van der Waals surface area contributed by atoms with Crippen LogP contribution in [-0.2, 0) is 0 Å². The van der Waals surface area contributed by atoms with Gasteiger partial charge >= 0.3 is 0 Å². The van der Waals surface area contributed by atoms with E-state index in [0.717, 1.165) is 24.2 Å². The first-order valence-electron chi connectivity index (χ1n) is 4.47. The Bertz CT molecular complexity index is 253. The molecule has 1 rings (SSSR count). The number of rotatable bonds is 5. The van der Waals surface area contributed by atoms with Crippen LogP contribution in [0.25, 0.3) is 0 Å². The standard InChI is InChI=1S/C9H16N4/c1-4-10-8(5-7(2)3)9-6-11-13-12-9/h6,8,10H,2,4-5H2,1,3H3,(H,11,12,13). The molecule has 0 bridgehead atoms. The fourth-order valence-corrected chi connectivity index (χ4v) is 1.25. The molecule has 72 valence electrons. The molecule has 0 spiro atoms. The van der Waals surface area contributed by atoms with Crippen molar-refractivity contribution in [2.45, 2.75) is 26.3 Å². The third-order valence-corrected chi connectivity index (χ3v) is 1.79. The van der Waals surface area contributed by atoms with Crippen molar-refractivity contribution in [2.24, 2.45) is 0 Å². The monoisotopic (exact) mass is 180 g/mol. The van der Waals surface area contributed by atoms with Crippen LogP contribution in [0.1, 0.15) is 32.0 Å². The van der Waals surface area contributed by atoms with Gasteiger partial charge in [0.05, 0.1) is 17.9 Å². The molecule has 0 aliphatic carbocycles. The third kappa shape index (κ3) is 2.99. The van der Waals surface area contributed by atoms with Crippen molar-refractivity contribution in [3.05, 3.63) is 24.0 Å². The first-order chi connectivity index (χ1) is 6.24. The fraction of sp³-hybridized carbons (Fsp3) is 0.556. The van der Waals surface area contributed by atoms with Crippen LogP contribution in [0.2, 0.25) is 0 Å². The van der Waals surface area contributed by atoms with E-state index < -0.39 is 0 Å². The first-order valence-corrected chi connectivity index (χ1v) is 4.47. The van der Waals surface area contributed by atoms with Crippen molar-refractivity contribution < 1.29 is 0 Å². The van der Waals surface area contributed by atoms with Gasteiger partial charge in [-0.1, -0.05) is 12.5 Å². The molecule has 0 aliphatic rings. The van der Waals surface area contributed by atoms with E-state index in [4.69, 9.17) is 0 Å². The maximum absolute atomic E-state index is 4.05. The molecule has 0 aromatic carbocycles. The minimum atomic E-state index is 0.237. The Kier molecular flexibility index (Phi) is 3.64. The number of aromatic nitrogens is 3. The molecule has 1 unspecified atom stereocenters. The number of nitrogens with one attached hydrogen (secondary N) is 2. The van der Waals surface area contributed by atoms with Crippen LogP contribution in [0.15, 0.2) is 18.3 Å². The summed E-state index contributed by atoms with van der Waals surface area (Å²) in [6, 6.07) is 0.237. The van der Waals surface area contributed by atoms with Gasteiger partial charge in [0.2, 0.25) is 0 Å². The molecule has 0 fully saturated rings. The van der Waals surface area contributed by atoms with Gasteiger partial charge < -0.3 is 5.32 Å². The average Bonchev–Trinajstić information content (AvgIpc) is 2.54. The van der Waals surface area contributed by atoms with Gasteiger partial charge in [0.1, 0.15) is 0 Å². The summed E-state index contributed by atoms with van der Waals surface area (Å²) in [6.07, 6.45) is 2.65. The smallest absolute Gasteiger partial charge is 0.0997 e. The second-order valence-corrected chi connectivity index (χ2v) is 3.17. The predicted octanol–water partition coefficient (Wildman–Crippen LogP) is 1.42. The van der Waals surface area contributed by atoms with Crippen molar-refractivity contribution in [3.63, 3.8) is 0 Å². The number of H-pyrrole nitrogens is 1. The Balaban J connectivity index is 2.62. The molecule has 1 aromatic heterocycles. The molecule has 1 heterocycles. The highest BCUT2D eigenvalue weighted by Crippen LogP contribution is 2.16. The molecule has 1 aromatic rings. The van der Waals surface area contributed by atoms with Crippen molar-refractivity contribution in [2.75, 3.05) is 6.54 Å². The van der Waals surface area contributed by atoms with E-state index >= 15 is 0 Å². The predicted molar refractivity (Wildman–Crippen MR) is 52.2 cm³/mol. The second kappa shape index (κ2) is 4.77. The summed E-state index contributed by atoms with van der Waals surface area (Å²) in [5.41, 5.74) is 2.10. The molecular formula is C9H16N4. The zero-order valence-corrected chi connectivity index (χ0v) is 8.17. The normalized spacial score (nSPS) is 12.8. The molecule has 0 aliphatic heterocycles. The Morgan fingerprint density at radius 1 is 1.77 bits per heavy atom. The number of aromatic amines is 1. The molecule has 0 amide bonds. The highest BCUT2D eigenvalue weighted by molar-refractivity contribution is 5.05. The molecule has 0 saturated carbocycles. The van der Waals surface area contributed by atoms with Gasteiger partial charge in [-0.05, 0) is 19.9 Å². The summed E-state index contributed by atoms with van der Waals surface area (Å²) in [4.78, 5) is 0. The molecule has 0 saturated heterocycles. The lowest BCUT2D eigenvalue weighted by atomic mass is 10.1. The Morgan fingerprint density at radius 2 is 2.54 bits per heavy atom. The van der Waals surface area contributed by atoms with E-state index in [9.17, 15) is 0 Å². The van der Waals surface area contributed by atoms with Crippen LogP contribution in [0.4, 0.5) is 0 Å². The molecule has 4 heteroatoms. The Morgan fingerprint density at radius 3 is 3.00 bits per heavy atom. The van der Waals surface area contributed by atoms with Crippen LogP contribution in [0.3, 0.4) is 0 Å². The Labute approximate surface area is 78.4 Å². The van der Waals surface area contributed by atoms with Gasteiger partial charge in [-0.25, -0.2) is 0 Å². The summed E-state index contributed by atoms with van der Waals surface area (Å²) in [5.74, 6) is 0. The first kappa shape index (κ1) is 9.92. The highest BCUT2D eigenvalue weighted by atomic mass is 15.3. The Hall–Kier alpha value is -1.16. The summed E-state index contributed by atoms with van der Waals surface area (Å²) < 4.78 is 0. The lowest BCUT2D eigenvalue weighted by Crippen LogP contribution is -2.21. The number of hydrogen-bond acceptors (Lipinski definition) is 3. The van der Waals surface area contributed by atoms with Crippen LogP contribution in [0.5, 0.6) is 0 Å². The molecule has 13 heavy (non-hydrogen) atoms. The van der Waals surface area contributed by atoms with Gasteiger partial charge in [-0.15, -0.1) is 6.58 Å². The lowest BCUT2D eigenvalue weighted by Gasteiger charge is -2.14. The van der Waals surface area contributed by atoms with Gasteiger partial charge in [0.15, 0.2) is 0 Å². The molecule has 4 nitrogen and oxygen atoms in total. The maximum atomic E-state index is 4.05. The van der Waals surface area contributed by atoms with Gasteiger partial charge in [-0.2, -0.15) is 15.4 Å². The van der Waals surface area contributed by atoms with E-state index in [2.05, 4.69) is 34.2 Å². The van der Waals surface area contributed by atoms with E-state index in [1.165, 1.54) is 0 Å². The van der Waals surface area contributed by atoms with E-state index in [1.54, 1.807) is 6.20 Å². The van der Waals surface area contributed by atoms with E-state index in [0.29, 0.717) is 0 Å². The van der Waals surface area contributed by atoms with Gasteiger partial charge in [0.25, 0.3) is 0 Å². The van der Waals surface area contributed by atoms with Crippen LogP contribution in [-0.4, -0.2) is 22.0 Å². The van der Waals surface area contributed by atoms with Crippen LogP contribution >= 0.6 is 0 Å². The van der Waals surface area contributed by atoms with Crippen molar-refractivity contribution >= 4 is 0 Å². The van der Waals surface area contributed by atoms with E-state index in [-0.39, 0.29) is 6.04 Å². The van der Waals surface area contributed by atoms with E-state index in [1.807, 2.05) is 6.92 Å². The topological polar surface area (TPSA) is 53.6 Å². The summed E-state index contributed by atoms with van der Waals surface area (Å²) in [6.45, 7) is 8.90. The zero-order chi connectivity index (χ0) is 9.68. The van der Waals surface area contributed by atoms with Crippen LogP contribution in [0, 0.1) is 0 Å². The molecular weight excluding hydrogens is 164 g/mol. The van der Waals surface area contributed by atoms with Crippen molar-refractivity contribution in [3.8, 4) is 0 Å². The average molecular weight is 180 g/mol. The fourth-order valence-electron chi connectivity index (χ4n) is 1.25. The van der Waals surface area contributed by atoms with Gasteiger partial charge in [0, 0.05) is 0 Å². The quantitative estimate of drug-likeness (QED) is 0.674. The minimum absolute atomic E-state index is 0.237. The second-order valence-electron chi connectivity index (χ2n) is 3.17. The molecule has 2 N–H and O–H groups in total. The number of hydrogen-bond donors (Lipinski definition) is 2. The van der Waals surface area contributed by atoms with Gasteiger partial charge in [-0.3, -0.25) is 0 Å². The molecule has 0 radical (unpaired) electrons.